The molecule has 1 heterocycles. The van der Waals surface area contributed by atoms with Crippen molar-refractivity contribution >= 4 is 17.4 Å². The molecule has 0 amide bonds. The van der Waals surface area contributed by atoms with Crippen molar-refractivity contribution in [3.63, 3.8) is 0 Å². The van der Waals surface area contributed by atoms with Gasteiger partial charge in [-0.3, -0.25) is 14.2 Å². The fraction of sp³-hybridized carbons (Fsp3) is 0.381. The third-order valence-electron chi connectivity index (χ3n) is 4.56. The van der Waals surface area contributed by atoms with Crippen molar-refractivity contribution in [2.45, 2.75) is 46.6 Å². The molecule has 7 heteroatoms. The number of carbonyl (C=O) groups excluding carboxylic acids is 1. The molecule has 1 aromatic carbocycles. The van der Waals surface area contributed by atoms with E-state index in [9.17, 15) is 20.0 Å². The van der Waals surface area contributed by atoms with Crippen LogP contribution >= 0.6 is 11.6 Å². The molecule has 1 N–H and O–H groups in total. The van der Waals surface area contributed by atoms with Crippen LogP contribution in [0.2, 0.25) is 5.02 Å². The molecule has 0 radical (unpaired) electrons. The summed E-state index contributed by atoms with van der Waals surface area (Å²) in [5, 5.41) is 20.5. The van der Waals surface area contributed by atoms with E-state index in [-0.39, 0.29) is 29.8 Å². The van der Waals surface area contributed by atoms with Crippen LogP contribution in [-0.4, -0.2) is 22.1 Å². The second-order valence-electron chi connectivity index (χ2n) is 6.60. The minimum absolute atomic E-state index is 0.0562. The summed E-state index contributed by atoms with van der Waals surface area (Å²) in [5.74, 6) is -0.434. The molecule has 0 aliphatic carbocycles. The van der Waals surface area contributed by atoms with E-state index in [1.165, 1.54) is 6.92 Å². The molecule has 0 saturated heterocycles. The number of nitrogens with zero attached hydrogens (tertiary/aromatic N) is 2. The van der Waals surface area contributed by atoms with Gasteiger partial charge < -0.3 is 9.84 Å². The second kappa shape index (κ2) is 9.43. The maximum absolute atomic E-state index is 12.8. The lowest BCUT2D eigenvalue weighted by atomic mass is 10.0. The lowest BCUT2D eigenvalue weighted by Crippen LogP contribution is -2.27. The Labute approximate surface area is 168 Å². The number of aromatic nitrogens is 1. The minimum atomic E-state index is -0.584. The highest BCUT2D eigenvalue weighted by atomic mass is 35.5. The molecule has 2 rings (SSSR count). The first-order valence-corrected chi connectivity index (χ1v) is 9.48. The maximum atomic E-state index is 12.8. The molecule has 0 saturated carbocycles. The number of pyridine rings is 1. The molecule has 0 fully saturated rings. The first-order valence-electron chi connectivity index (χ1n) is 9.10. The van der Waals surface area contributed by atoms with E-state index in [0.717, 1.165) is 23.0 Å². The van der Waals surface area contributed by atoms with Gasteiger partial charge in [-0.1, -0.05) is 31.4 Å². The highest BCUT2D eigenvalue weighted by molar-refractivity contribution is 6.30. The first-order chi connectivity index (χ1) is 13.3. The summed E-state index contributed by atoms with van der Waals surface area (Å²) in [6, 6.07) is 6.88. The number of benzene rings is 1. The van der Waals surface area contributed by atoms with Crippen LogP contribution in [0.3, 0.4) is 0 Å². The van der Waals surface area contributed by atoms with Crippen LogP contribution in [0.5, 0.6) is 11.6 Å². The van der Waals surface area contributed by atoms with Gasteiger partial charge in [0, 0.05) is 11.6 Å². The smallest absolute Gasteiger partial charge is 0.271 e. The van der Waals surface area contributed by atoms with Gasteiger partial charge in [0.15, 0.2) is 6.61 Å². The molecular weight excluding hydrogens is 380 g/mol. The van der Waals surface area contributed by atoms with Gasteiger partial charge in [-0.25, -0.2) is 0 Å². The quantitative estimate of drug-likeness (QED) is 0.529. The Bertz CT molecular complexity index is 989. The first kappa shape index (κ1) is 21.5. The van der Waals surface area contributed by atoms with Gasteiger partial charge in [0.1, 0.15) is 17.4 Å². The third kappa shape index (κ3) is 4.55. The van der Waals surface area contributed by atoms with Crippen LogP contribution in [0.15, 0.2) is 23.0 Å². The van der Waals surface area contributed by atoms with Crippen molar-refractivity contribution in [3.8, 4) is 17.7 Å². The van der Waals surface area contributed by atoms with Crippen LogP contribution < -0.4 is 10.3 Å². The van der Waals surface area contributed by atoms with Crippen LogP contribution in [0, 0.1) is 25.2 Å². The van der Waals surface area contributed by atoms with Crippen LogP contribution in [0.1, 0.15) is 53.2 Å². The number of hydrogen-bond acceptors (Lipinski definition) is 5. The SMILES string of the molecule is CCCCCn1c(O)c(C(=O)COc2ccc(Cl)cc2C)c(C)c(C#N)c1=O. The van der Waals surface area contributed by atoms with Gasteiger partial charge in [-0.05, 0) is 49.6 Å². The molecule has 0 aliphatic rings. The molecule has 6 nitrogen and oxygen atoms in total. The summed E-state index contributed by atoms with van der Waals surface area (Å²) in [7, 11) is 0. The van der Waals surface area contributed by atoms with E-state index < -0.39 is 17.2 Å². The predicted octanol–water partition coefficient (Wildman–Crippen LogP) is 4.15. The van der Waals surface area contributed by atoms with Gasteiger partial charge in [-0.2, -0.15) is 5.26 Å². The number of unbranched alkanes of at least 4 members (excludes halogenated alkanes) is 2. The van der Waals surface area contributed by atoms with Gasteiger partial charge in [0.2, 0.25) is 11.7 Å². The monoisotopic (exact) mass is 402 g/mol. The number of Topliss-reactive ketones (excluding diaryl/α,β-unsaturated/α-hetero) is 1. The topological polar surface area (TPSA) is 92.3 Å². The summed E-state index contributed by atoms with van der Waals surface area (Å²) >= 11 is 5.92. The number of carbonyl (C=O) groups is 1. The lowest BCUT2D eigenvalue weighted by Gasteiger charge is -2.16. The molecule has 0 spiro atoms. The van der Waals surface area contributed by atoms with E-state index in [0.29, 0.717) is 17.2 Å². The van der Waals surface area contributed by atoms with E-state index in [1.54, 1.807) is 25.1 Å². The Kier molecular flexibility index (Phi) is 7.24. The van der Waals surface area contributed by atoms with E-state index in [4.69, 9.17) is 16.3 Å². The zero-order valence-electron chi connectivity index (χ0n) is 16.2. The predicted molar refractivity (Wildman–Crippen MR) is 107 cm³/mol. The van der Waals surface area contributed by atoms with Crippen molar-refractivity contribution in [1.82, 2.24) is 4.57 Å². The number of nitriles is 1. The molecule has 1 aromatic heterocycles. The van der Waals surface area contributed by atoms with E-state index in [2.05, 4.69) is 0 Å². The molecule has 0 aliphatic heterocycles. The van der Waals surface area contributed by atoms with Crippen LogP contribution in [-0.2, 0) is 6.54 Å². The largest absolute Gasteiger partial charge is 0.494 e. The maximum Gasteiger partial charge on any atom is 0.271 e. The summed E-state index contributed by atoms with van der Waals surface area (Å²) < 4.78 is 6.67. The number of rotatable bonds is 8. The summed E-state index contributed by atoms with van der Waals surface area (Å²) in [5.41, 5.74) is 0.154. The molecule has 0 bridgehead atoms. The molecule has 0 atom stereocenters. The Morgan fingerprint density at radius 3 is 2.64 bits per heavy atom. The van der Waals surface area contributed by atoms with Crippen LogP contribution in [0.4, 0.5) is 0 Å². The van der Waals surface area contributed by atoms with Crippen molar-refractivity contribution in [1.29, 1.82) is 5.26 Å². The Morgan fingerprint density at radius 2 is 2.04 bits per heavy atom. The third-order valence-corrected chi connectivity index (χ3v) is 4.80. The second-order valence-corrected chi connectivity index (χ2v) is 7.03. The van der Waals surface area contributed by atoms with Gasteiger partial charge >= 0.3 is 0 Å². The minimum Gasteiger partial charge on any atom is -0.494 e. The average molecular weight is 403 g/mol. The summed E-state index contributed by atoms with van der Waals surface area (Å²) in [6.07, 6.45) is 2.46. The highest BCUT2D eigenvalue weighted by Crippen LogP contribution is 2.25. The molecule has 148 valence electrons. The van der Waals surface area contributed by atoms with Crippen molar-refractivity contribution in [2.75, 3.05) is 6.61 Å². The highest BCUT2D eigenvalue weighted by Gasteiger charge is 2.24. The summed E-state index contributed by atoms with van der Waals surface area (Å²) in [4.78, 5) is 25.3. The molecular formula is C21H23ClN2O4. The average Bonchev–Trinajstić information content (AvgIpc) is 2.64. The van der Waals surface area contributed by atoms with E-state index >= 15 is 0 Å². The Hall–Kier alpha value is -2.78. The molecule has 2 aromatic rings. The van der Waals surface area contributed by atoms with Gasteiger partial charge in [-0.15, -0.1) is 0 Å². The van der Waals surface area contributed by atoms with Crippen molar-refractivity contribution < 1.29 is 14.6 Å². The van der Waals surface area contributed by atoms with Crippen molar-refractivity contribution in [2.24, 2.45) is 0 Å². The standard InChI is InChI=1S/C21H23ClN2O4/c1-4-5-6-9-24-20(26)16(11-23)14(3)19(21(24)27)17(25)12-28-18-8-7-15(22)10-13(18)2/h7-8,10,27H,4-6,9,12H2,1-3H3. The number of halogens is 1. The molecule has 0 unspecified atom stereocenters. The number of aromatic hydroxyl groups is 1. The van der Waals surface area contributed by atoms with Gasteiger partial charge in [0.05, 0.1) is 5.56 Å². The fourth-order valence-electron chi connectivity index (χ4n) is 3.00. The van der Waals surface area contributed by atoms with Crippen LogP contribution in [0.25, 0.3) is 0 Å². The normalized spacial score (nSPS) is 10.5. The number of hydrogen-bond donors (Lipinski definition) is 1. The number of ketones is 1. The molecule has 28 heavy (non-hydrogen) atoms. The van der Waals surface area contributed by atoms with Gasteiger partial charge in [0.25, 0.3) is 5.56 Å². The van der Waals surface area contributed by atoms with Crippen molar-refractivity contribution in [3.05, 3.63) is 55.8 Å². The summed E-state index contributed by atoms with van der Waals surface area (Å²) in [6.45, 7) is 5.20. The zero-order chi connectivity index (χ0) is 20.8. The Morgan fingerprint density at radius 1 is 1.32 bits per heavy atom. The lowest BCUT2D eigenvalue weighted by molar-refractivity contribution is 0.0916. The zero-order valence-corrected chi connectivity index (χ0v) is 17.0. The fourth-order valence-corrected chi connectivity index (χ4v) is 3.23. The number of ether oxygens (including phenoxy) is 1. The number of aryl methyl sites for hydroxylation is 1. The van der Waals surface area contributed by atoms with E-state index in [1.807, 2.05) is 13.0 Å². The Balaban J connectivity index is 2.37.